The molecular weight excluding hydrogens is 238 g/mol. The quantitative estimate of drug-likeness (QED) is 0.852. The number of nitrogens with zero attached hydrogens (tertiary/aromatic N) is 4. The van der Waals surface area contributed by atoms with Crippen molar-refractivity contribution in [3.05, 3.63) is 48.0 Å². The third-order valence-electron chi connectivity index (χ3n) is 2.82. The topological polar surface area (TPSA) is 53.9 Å². The molecule has 2 aromatic rings. The summed E-state index contributed by atoms with van der Waals surface area (Å²) in [6, 6.07) is 5.92. The summed E-state index contributed by atoms with van der Waals surface area (Å²) in [6.07, 6.45) is 5.53. The Morgan fingerprint density at radius 3 is 2.53 bits per heavy atom. The Labute approximate surface area is 113 Å². The molecule has 0 fully saturated rings. The molecule has 0 saturated carbocycles. The average molecular weight is 257 g/mol. The van der Waals surface area contributed by atoms with E-state index in [-0.39, 0.29) is 0 Å². The zero-order valence-electron chi connectivity index (χ0n) is 11.4. The number of anilines is 1. The van der Waals surface area contributed by atoms with Crippen molar-refractivity contribution in [3.63, 3.8) is 0 Å². The lowest BCUT2D eigenvalue weighted by Crippen LogP contribution is -2.24. The molecule has 0 aliphatic carbocycles. The Morgan fingerprint density at radius 2 is 1.95 bits per heavy atom. The van der Waals surface area contributed by atoms with Crippen LogP contribution in [0, 0.1) is 0 Å². The normalized spacial score (nSPS) is 10.4. The second-order valence-electron chi connectivity index (χ2n) is 4.26. The minimum Gasteiger partial charge on any atom is -0.335 e. The van der Waals surface area contributed by atoms with Gasteiger partial charge in [-0.2, -0.15) is 0 Å². The van der Waals surface area contributed by atoms with E-state index in [0.29, 0.717) is 0 Å². The van der Waals surface area contributed by atoms with Gasteiger partial charge in [0.1, 0.15) is 0 Å². The SMILES string of the molecule is CCN(Cc1ccccn1)c1ncc(CNC)cn1. The molecule has 0 aromatic carbocycles. The van der Waals surface area contributed by atoms with Crippen molar-refractivity contribution in [3.8, 4) is 0 Å². The number of nitrogens with one attached hydrogen (secondary N) is 1. The largest absolute Gasteiger partial charge is 0.335 e. The Hall–Kier alpha value is -2.01. The fourth-order valence-electron chi connectivity index (χ4n) is 1.82. The van der Waals surface area contributed by atoms with Crippen LogP contribution in [0.4, 0.5) is 5.95 Å². The highest BCUT2D eigenvalue weighted by atomic mass is 15.2. The fourth-order valence-corrected chi connectivity index (χ4v) is 1.82. The minimum absolute atomic E-state index is 0.725. The van der Waals surface area contributed by atoms with Crippen LogP contribution in [0.15, 0.2) is 36.8 Å². The van der Waals surface area contributed by atoms with Crippen molar-refractivity contribution >= 4 is 5.95 Å². The van der Waals surface area contributed by atoms with Crippen LogP contribution in [0.1, 0.15) is 18.2 Å². The molecule has 5 nitrogen and oxygen atoms in total. The fraction of sp³-hybridized carbons (Fsp3) is 0.357. The number of pyridine rings is 1. The maximum absolute atomic E-state index is 4.41. The second-order valence-corrected chi connectivity index (χ2v) is 4.26. The maximum Gasteiger partial charge on any atom is 0.225 e. The summed E-state index contributed by atoms with van der Waals surface area (Å²) in [6.45, 7) is 4.45. The number of aromatic nitrogens is 3. The minimum atomic E-state index is 0.725. The van der Waals surface area contributed by atoms with Crippen LogP contribution in [0.5, 0.6) is 0 Å². The van der Waals surface area contributed by atoms with Crippen molar-refractivity contribution in [2.75, 3.05) is 18.5 Å². The van der Waals surface area contributed by atoms with Crippen molar-refractivity contribution in [2.24, 2.45) is 0 Å². The standard InChI is InChI=1S/C14H19N5/c1-3-19(11-13-6-4-5-7-16-13)14-17-9-12(8-15-2)10-18-14/h4-7,9-10,15H,3,8,11H2,1-2H3. The first-order valence-corrected chi connectivity index (χ1v) is 6.44. The highest BCUT2D eigenvalue weighted by Gasteiger charge is 2.08. The van der Waals surface area contributed by atoms with Crippen LogP contribution in [0.2, 0.25) is 0 Å². The summed E-state index contributed by atoms with van der Waals surface area (Å²) >= 11 is 0. The van der Waals surface area contributed by atoms with E-state index in [4.69, 9.17) is 0 Å². The molecule has 19 heavy (non-hydrogen) atoms. The first-order valence-electron chi connectivity index (χ1n) is 6.44. The highest BCUT2D eigenvalue weighted by Crippen LogP contribution is 2.10. The Bertz CT molecular complexity index is 483. The Balaban J connectivity index is 2.08. The van der Waals surface area contributed by atoms with Gasteiger partial charge in [-0.05, 0) is 26.1 Å². The molecule has 0 radical (unpaired) electrons. The molecule has 0 unspecified atom stereocenters. The molecule has 0 amide bonds. The van der Waals surface area contributed by atoms with Crippen LogP contribution >= 0.6 is 0 Å². The van der Waals surface area contributed by atoms with Crippen molar-refractivity contribution in [2.45, 2.75) is 20.0 Å². The van der Waals surface area contributed by atoms with Gasteiger partial charge in [0.25, 0.3) is 0 Å². The monoisotopic (exact) mass is 257 g/mol. The van der Waals surface area contributed by atoms with Gasteiger partial charge in [0.05, 0.1) is 12.2 Å². The molecule has 0 aliphatic heterocycles. The van der Waals surface area contributed by atoms with E-state index in [0.717, 1.165) is 36.8 Å². The Kier molecular flexibility index (Phi) is 4.80. The molecule has 0 bridgehead atoms. The number of hydrogen-bond acceptors (Lipinski definition) is 5. The van der Waals surface area contributed by atoms with E-state index >= 15 is 0 Å². The van der Waals surface area contributed by atoms with E-state index in [1.165, 1.54) is 0 Å². The molecule has 2 aromatic heterocycles. The Morgan fingerprint density at radius 1 is 1.16 bits per heavy atom. The van der Waals surface area contributed by atoms with Gasteiger partial charge in [-0.1, -0.05) is 6.07 Å². The van der Waals surface area contributed by atoms with Gasteiger partial charge < -0.3 is 10.2 Å². The van der Waals surface area contributed by atoms with Gasteiger partial charge in [-0.25, -0.2) is 9.97 Å². The summed E-state index contributed by atoms with van der Waals surface area (Å²) in [7, 11) is 1.91. The molecule has 0 atom stereocenters. The summed E-state index contributed by atoms with van der Waals surface area (Å²) < 4.78 is 0. The van der Waals surface area contributed by atoms with Gasteiger partial charge in [-0.3, -0.25) is 4.98 Å². The lowest BCUT2D eigenvalue weighted by molar-refractivity contribution is 0.761. The molecule has 100 valence electrons. The summed E-state index contributed by atoms with van der Waals surface area (Å²) in [4.78, 5) is 15.3. The lowest BCUT2D eigenvalue weighted by Gasteiger charge is -2.20. The maximum atomic E-state index is 4.41. The zero-order valence-corrected chi connectivity index (χ0v) is 11.4. The highest BCUT2D eigenvalue weighted by molar-refractivity contribution is 5.30. The van der Waals surface area contributed by atoms with Crippen LogP contribution < -0.4 is 10.2 Å². The summed E-state index contributed by atoms with van der Waals surface area (Å²) in [5.41, 5.74) is 2.10. The first kappa shape index (κ1) is 13.4. The van der Waals surface area contributed by atoms with Gasteiger partial charge in [0, 0.05) is 37.2 Å². The smallest absolute Gasteiger partial charge is 0.225 e. The second kappa shape index (κ2) is 6.80. The molecular formula is C14H19N5. The number of rotatable bonds is 6. The van der Waals surface area contributed by atoms with Gasteiger partial charge in [-0.15, -0.1) is 0 Å². The number of hydrogen-bond donors (Lipinski definition) is 1. The zero-order chi connectivity index (χ0) is 13.5. The van der Waals surface area contributed by atoms with E-state index in [2.05, 4.69) is 32.1 Å². The van der Waals surface area contributed by atoms with Crippen molar-refractivity contribution in [1.82, 2.24) is 20.3 Å². The van der Waals surface area contributed by atoms with Crippen LogP contribution in [-0.4, -0.2) is 28.5 Å². The third-order valence-corrected chi connectivity index (χ3v) is 2.82. The van der Waals surface area contributed by atoms with Crippen molar-refractivity contribution < 1.29 is 0 Å². The van der Waals surface area contributed by atoms with E-state index in [9.17, 15) is 0 Å². The third kappa shape index (κ3) is 3.72. The first-order chi connectivity index (χ1) is 9.33. The van der Waals surface area contributed by atoms with Crippen LogP contribution in [0.25, 0.3) is 0 Å². The van der Waals surface area contributed by atoms with Crippen molar-refractivity contribution in [1.29, 1.82) is 0 Å². The molecule has 0 aliphatic rings. The lowest BCUT2D eigenvalue weighted by atomic mass is 10.3. The predicted molar refractivity (Wildman–Crippen MR) is 75.8 cm³/mol. The van der Waals surface area contributed by atoms with Gasteiger partial charge in [0.15, 0.2) is 0 Å². The summed E-state index contributed by atoms with van der Waals surface area (Å²) in [5.74, 6) is 0.744. The van der Waals surface area contributed by atoms with Crippen LogP contribution in [0.3, 0.4) is 0 Å². The predicted octanol–water partition coefficient (Wildman–Crippen LogP) is 1.62. The van der Waals surface area contributed by atoms with E-state index in [1.54, 1.807) is 6.20 Å². The van der Waals surface area contributed by atoms with Gasteiger partial charge >= 0.3 is 0 Å². The average Bonchev–Trinajstić information content (AvgIpc) is 2.47. The molecule has 1 N–H and O–H groups in total. The van der Waals surface area contributed by atoms with Gasteiger partial charge in [0.2, 0.25) is 5.95 Å². The molecule has 5 heteroatoms. The van der Waals surface area contributed by atoms with E-state index in [1.807, 2.05) is 37.6 Å². The molecule has 0 saturated heterocycles. The summed E-state index contributed by atoms with van der Waals surface area (Å²) in [5, 5.41) is 3.08. The van der Waals surface area contributed by atoms with Crippen LogP contribution in [-0.2, 0) is 13.1 Å². The van der Waals surface area contributed by atoms with E-state index < -0.39 is 0 Å². The molecule has 0 spiro atoms. The molecule has 2 rings (SSSR count). The molecule has 2 heterocycles.